The number of allylic oxidation sites excluding steroid dienone is 1. The normalized spacial score (nSPS) is 11.3. The van der Waals surface area contributed by atoms with E-state index in [4.69, 9.17) is 4.74 Å². The maximum absolute atomic E-state index is 13.3. The highest BCUT2D eigenvalue weighted by Gasteiger charge is 2.22. The van der Waals surface area contributed by atoms with E-state index in [9.17, 15) is 22.8 Å². The van der Waals surface area contributed by atoms with E-state index in [1.54, 1.807) is 31.2 Å². The first-order valence-electron chi connectivity index (χ1n) is 12.5. The monoisotopic (exact) mass is 579 g/mol. The largest absolute Gasteiger partial charge is 0.456 e. The van der Waals surface area contributed by atoms with Crippen LogP contribution in [0.4, 0.5) is 5.69 Å². The Morgan fingerprint density at radius 2 is 1.77 bits per heavy atom. The molecule has 2 aromatic heterocycles. The third-order valence-electron chi connectivity index (χ3n) is 6.21. The fourth-order valence-electron chi connectivity index (χ4n) is 4.17. The predicted octanol–water partition coefficient (Wildman–Crippen LogP) is 5.48. The summed E-state index contributed by atoms with van der Waals surface area (Å²) in [4.78, 5) is 39.0. The number of aryl methyl sites for hydroxylation is 2. The molecule has 40 heavy (non-hydrogen) atoms. The molecule has 0 bridgehead atoms. The zero-order valence-corrected chi connectivity index (χ0v) is 24.2. The van der Waals surface area contributed by atoms with E-state index in [0.29, 0.717) is 39.4 Å². The first kappa shape index (κ1) is 28.8. The molecule has 4 aromatic rings. The van der Waals surface area contributed by atoms with Gasteiger partial charge in [0.15, 0.2) is 0 Å². The number of anilines is 1. The van der Waals surface area contributed by atoms with Gasteiger partial charge in [0, 0.05) is 34.9 Å². The number of hydrogen-bond acceptors (Lipinski definition) is 7. The molecule has 1 amide bonds. The molecule has 4 rings (SSSR count). The highest BCUT2D eigenvalue weighted by Crippen LogP contribution is 2.41. The van der Waals surface area contributed by atoms with E-state index >= 15 is 0 Å². The summed E-state index contributed by atoms with van der Waals surface area (Å²) in [5, 5.41) is 3.15. The lowest BCUT2D eigenvalue weighted by atomic mass is 10.0. The van der Waals surface area contributed by atoms with E-state index in [1.807, 2.05) is 32.0 Å². The molecule has 0 saturated carbocycles. The van der Waals surface area contributed by atoms with Gasteiger partial charge in [0.05, 0.1) is 10.6 Å². The van der Waals surface area contributed by atoms with Gasteiger partial charge >= 0.3 is 0 Å². The number of pyridine rings is 1. The van der Waals surface area contributed by atoms with E-state index in [0.717, 1.165) is 33.1 Å². The molecule has 0 unspecified atom stereocenters. The second-order valence-electron chi connectivity index (χ2n) is 9.01. The lowest BCUT2D eigenvalue weighted by molar-refractivity contribution is 0.0954. The number of rotatable bonds is 9. The van der Waals surface area contributed by atoms with Crippen LogP contribution < -0.4 is 20.3 Å². The Morgan fingerprint density at radius 1 is 1.07 bits per heavy atom. The molecular weight excluding hydrogens is 550 g/mol. The second kappa shape index (κ2) is 11.5. The zero-order chi connectivity index (χ0) is 29.2. The molecule has 0 atom stereocenters. The number of amides is 1. The van der Waals surface area contributed by atoms with Crippen LogP contribution in [0.3, 0.4) is 0 Å². The smallest absolute Gasteiger partial charge is 0.275 e. The third-order valence-corrected chi connectivity index (χ3v) is 8.64. The maximum Gasteiger partial charge on any atom is 0.275 e. The van der Waals surface area contributed by atoms with Crippen LogP contribution >= 0.6 is 11.3 Å². The molecule has 2 N–H and O–H groups in total. The fraction of sp³-hybridized carbons (Fsp3) is 0.207. The summed E-state index contributed by atoms with van der Waals surface area (Å²) in [5.74, 6) is -0.161. The maximum atomic E-state index is 13.3. The number of carbonyl (C=O) groups excluding carboxylic acids is 2. The van der Waals surface area contributed by atoms with Crippen molar-refractivity contribution in [2.75, 3.05) is 17.0 Å². The van der Waals surface area contributed by atoms with Crippen LogP contribution in [-0.2, 0) is 10.0 Å². The minimum absolute atomic E-state index is 0.133. The molecule has 0 radical (unpaired) electrons. The summed E-state index contributed by atoms with van der Waals surface area (Å²) in [6.45, 7) is 11.0. The van der Waals surface area contributed by atoms with E-state index < -0.39 is 21.5 Å². The Kier molecular flexibility index (Phi) is 8.26. The number of aromatic nitrogens is 1. The molecular formula is C29H29N3O6S2. The molecule has 0 spiro atoms. The van der Waals surface area contributed by atoms with Crippen molar-refractivity contribution in [3.63, 3.8) is 0 Å². The van der Waals surface area contributed by atoms with Gasteiger partial charge in [0.25, 0.3) is 17.4 Å². The van der Waals surface area contributed by atoms with Crippen molar-refractivity contribution in [2.24, 2.45) is 0 Å². The van der Waals surface area contributed by atoms with Crippen LogP contribution in [0.5, 0.6) is 11.5 Å². The number of nitrogens with zero attached hydrogens (tertiary/aromatic N) is 1. The van der Waals surface area contributed by atoms with E-state index in [1.165, 1.54) is 13.1 Å². The number of hydrogen-bond donors (Lipinski definition) is 2. The third kappa shape index (κ3) is 5.70. The number of sulfonamides is 1. The molecule has 2 heterocycles. The van der Waals surface area contributed by atoms with Crippen molar-refractivity contribution in [1.29, 1.82) is 0 Å². The second-order valence-corrected chi connectivity index (χ2v) is 12.1. The van der Waals surface area contributed by atoms with Crippen molar-refractivity contribution in [1.82, 2.24) is 9.88 Å². The number of thiophene rings is 1. The molecule has 0 aliphatic heterocycles. The zero-order valence-electron chi connectivity index (χ0n) is 22.5. The summed E-state index contributed by atoms with van der Waals surface area (Å²) in [6.07, 6.45) is 2.39. The SMILES string of the molecule is C=CC(=O)n1cc(-c2cc(NS(=O)(=O)CC)ccc2Oc2c(C)cccc2C)c2cc(C(=O)NCC)sc2c1=O. The average Bonchev–Trinajstić information content (AvgIpc) is 3.38. The van der Waals surface area contributed by atoms with Gasteiger partial charge in [-0.2, -0.15) is 0 Å². The molecule has 11 heteroatoms. The van der Waals surface area contributed by atoms with Crippen molar-refractivity contribution < 1.29 is 22.7 Å². The van der Waals surface area contributed by atoms with Gasteiger partial charge in [-0.25, -0.2) is 13.0 Å². The van der Waals surface area contributed by atoms with E-state index in [2.05, 4.69) is 16.6 Å². The van der Waals surface area contributed by atoms with Gasteiger partial charge in [-0.3, -0.25) is 19.1 Å². The van der Waals surface area contributed by atoms with Gasteiger partial charge in [-0.15, -0.1) is 11.3 Å². The summed E-state index contributed by atoms with van der Waals surface area (Å²) in [5.41, 5.74) is 2.25. The highest BCUT2D eigenvalue weighted by atomic mass is 32.2. The number of nitrogens with one attached hydrogen (secondary N) is 2. The standard InChI is InChI=1S/C29H29N3O6S2/c1-6-25(33)32-16-22(21-15-24(28(34)30-7-2)39-27(21)29(32)35)20-14-19(31-40(36,37)8-3)12-13-23(20)38-26-17(4)10-9-11-18(26)5/h6,9-16,31H,1,7-8H2,2-5H3,(H,30,34). The summed E-state index contributed by atoms with van der Waals surface area (Å²) < 4.78 is 34.8. The average molecular weight is 580 g/mol. The highest BCUT2D eigenvalue weighted by molar-refractivity contribution is 7.92. The van der Waals surface area contributed by atoms with Crippen LogP contribution in [0.2, 0.25) is 0 Å². The first-order chi connectivity index (χ1) is 19.0. The van der Waals surface area contributed by atoms with Crippen molar-refractivity contribution >= 4 is 48.9 Å². The van der Waals surface area contributed by atoms with Crippen LogP contribution in [0.15, 0.2) is 66.1 Å². The van der Waals surface area contributed by atoms with Gasteiger partial charge in [0.2, 0.25) is 10.0 Å². The van der Waals surface area contributed by atoms with Gasteiger partial charge in [-0.05, 0) is 69.2 Å². The summed E-state index contributed by atoms with van der Waals surface area (Å²) in [6, 6.07) is 12.1. The first-order valence-corrected chi connectivity index (χ1v) is 15.0. The van der Waals surface area contributed by atoms with Crippen LogP contribution in [0, 0.1) is 13.8 Å². The Bertz CT molecular complexity index is 1800. The summed E-state index contributed by atoms with van der Waals surface area (Å²) in [7, 11) is -3.61. The van der Waals surface area contributed by atoms with Gasteiger partial charge in [-0.1, -0.05) is 24.8 Å². The fourth-order valence-corrected chi connectivity index (χ4v) is 5.82. The quantitative estimate of drug-likeness (QED) is 0.253. The Balaban J connectivity index is 2.06. The lowest BCUT2D eigenvalue weighted by Gasteiger charge is -2.18. The molecule has 9 nitrogen and oxygen atoms in total. The number of benzene rings is 2. The van der Waals surface area contributed by atoms with E-state index in [-0.39, 0.29) is 22.0 Å². The number of fused-ring (bicyclic) bond motifs is 1. The molecule has 0 aliphatic carbocycles. The topological polar surface area (TPSA) is 124 Å². The molecule has 0 saturated heterocycles. The number of ether oxygens (including phenoxy) is 1. The van der Waals surface area contributed by atoms with Crippen molar-refractivity contribution in [3.05, 3.63) is 87.7 Å². The van der Waals surface area contributed by atoms with Gasteiger partial charge < -0.3 is 10.1 Å². The lowest BCUT2D eigenvalue weighted by Crippen LogP contribution is -2.24. The molecule has 208 valence electrons. The molecule has 2 aromatic carbocycles. The molecule has 0 fully saturated rings. The number of para-hydroxylation sites is 1. The minimum atomic E-state index is -3.61. The number of carbonyl (C=O) groups is 2. The summed E-state index contributed by atoms with van der Waals surface area (Å²) >= 11 is 0.971. The Morgan fingerprint density at radius 3 is 2.40 bits per heavy atom. The Labute approximate surface area is 236 Å². The Hall–Kier alpha value is -4.22. The van der Waals surface area contributed by atoms with Crippen molar-refractivity contribution in [3.8, 4) is 22.6 Å². The van der Waals surface area contributed by atoms with Crippen LogP contribution in [0.25, 0.3) is 21.2 Å². The van der Waals surface area contributed by atoms with Crippen LogP contribution in [0.1, 0.15) is 39.4 Å². The predicted molar refractivity (Wildman–Crippen MR) is 159 cm³/mol. The van der Waals surface area contributed by atoms with Gasteiger partial charge in [0.1, 0.15) is 16.2 Å². The van der Waals surface area contributed by atoms with Crippen LogP contribution in [-0.4, -0.2) is 37.1 Å². The minimum Gasteiger partial charge on any atom is -0.456 e. The van der Waals surface area contributed by atoms with Crippen molar-refractivity contribution in [2.45, 2.75) is 27.7 Å². The molecule has 0 aliphatic rings.